The zero-order chi connectivity index (χ0) is 19.7. The summed E-state index contributed by atoms with van der Waals surface area (Å²) >= 11 is 7.18. The molecule has 0 atom stereocenters. The molecule has 0 saturated heterocycles. The van der Waals surface area contributed by atoms with Crippen molar-refractivity contribution in [3.05, 3.63) is 59.2 Å². The van der Waals surface area contributed by atoms with Crippen LogP contribution in [-0.2, 0) is 10.0 Å². The monoisotopic (exact) mass is 434 g/mol. The van der Waals surface area contributed by atoms with Crippen LogP contribution in [0.2, 0.25) is 5.02 Å². The molecule has 1 N–H and O–H groups in total. The van der Waals surface area contributed by atoms with Gasteiger partial charge in [0, 0.05) is 21.7 Å². The first kappa shape index (κ1) is 19.5. The number of ether oxygens (including phenoxy) is 1. The highest BCUT2D eigenvalue weighted by Crippen LogP contribution is 2.33. The molecule has 2 heterocycles. The first-order chi connectivity index (χ1) is 12.6. The van der Waals surface area contributed by atoms with Crippen LogP contribution >= 0.6 is 22.9 Å². The minimum Gasteiger partial charge on any atom is -0.404 e. The predicted molar refractivity (Wildman–Crippen MR) is 96.5 cm³/mol. The van der Waals surface area contributed by atoms with Gasteiger partial charge in [-0.05, 0) is 35.7 Å². The van der Waals surface area contributed by atoms with Gasteiger partial charge in [-0.15, -0.1) is 24.5 Å². The van der Waals surface area contributed by atoms with E-state index < -0.39 is 27.0 Å². The van der Waals surface area contributed by atoms with Crippen LogP contribution < -0.4 is 9.46 Å². The molecule has 0 radical (unpaired) electrons. The van der Waals surface area contributed by atoms with Crippen molar-refractivity contribution >= 4 is 38.6 Å². The molecule has 0 unspecified atom stereocenters. The standard InChI is InChI=1S/C16H10ClF3N2O3S2/c17-11-3-4-13(25-16(18,19)20)15(7-11)27(23,24)22-12-6-10(8-21-9-12)14-2-1-5-26-14/h1-9,22H. The lowest BCUT2D eigenvalue weighted by Crippen LogP contribution is -2.21. The van der Waals surface area contributed by atoms with Crippen LogP contribution in [0.3, 0.4) is 0 Å². The summed E-state index contributed by atoms with van der Waals surface area (Å²) in [5.74, 6) is -0.887. The fourth-order valence-corrected chi connectivity index (χ4v) is 4.32. The molecule has 5 nitrogen and oxygen atoms in total. The van der Waals surface area contributed by atoms with Gasteiger partial charge in [-0.2, -0.15) is 0 Å². The van der Waals surface area contributed by atoms with Crippen molar-refractivity contribution in [1.29, 1.82) is 0 Å². The summed E-state index contributed by atoms with van der Waals surface area (Å²) in [6, 6.07) is 7.98. The number of thiophene rings is 1. The number of hydrogen-bond acceptors (Lipinski definition) is 5. The third kappa shape index (κ3) is 4.90. The van der Waals surface area contributed by atoms with Crippen molar-refractivity contribution in [2.75, 3.05) is 4.72 Å². The molecule has 0 amide bonds. The van der Waals surface area contributed by atoms with Crippen LogP contribution in [0.15, 0.2) is 59.1 Å². The number of halogens is 4. The molecule has 0 fully saturated rings. The average Bonchev–Trinajstić information content (AvgIpc) is 3.09. The van der Waals surface area contributed by atoms with Crippen LogP contribution in [0.4, 0.5) is 18.9 Å². The van der Waals surface area contributed by atoms with Crippen molar-refractivity contribution in [2.24, 2.45) is 0 Å². The van der Waals surface area contributed by atoms with Crippen LogP contribution in [0.25, 0.3) is 10.4 Å². The Bertz CT molecular complexity index is 1060. The van der Waals surface area contributed by atoms with Crippen LogP contribution in [-0.4, -0.2) is 19.8 Å². The predicted octanol–water partition coefficient (Wildman–Crippen LogP) is 5.16. The van der Waals surface area contributed by atoms with Gasteiger partial charge in [0.15, 0.2) is 0 Å². The Balaban J connectivity index is 1.96. The van der Waals surface area contributed by atoms with Gasteiger partial charge in [-0.25, -0.2) is 8.42 Å². The molecular weight excluding hydrogens is 425 g/mol. The van der Waals surface area contributed by atoms with E-state index >= 15 is 0 Å². The first-order valence-electron chi connectivity index (χ1n) is 7.21. The van der Waals surface area contributed by atoms with Crippen molar-refractivity contribution in [1.82, 2.24) is 4.98 Å². The van der Waals surface area contributed by atoms with Gasteiger partial charge < -0.3 is 4.74 Å². The van der Waals surface area contributed by atoms with Gasteiger partial charge in [-0.3, -0.25) is 9.71 Å². The van der Waals surface area contributed by atoms with E-state index in [4.69, 9.17) is 11.6 Å². The van der Waals surface area contributed by atoms with E-state index in [1.54, 1.807) is 6.20 Å². The number of anilines is 1. The van der Waals surface area contributed by atoms with Crippen molar-refractivity contribution in [3.8, 4) is 16.2 Å². The van der Waals surface area contributed by atoms with Gasteiger partial charge >= 0.3 is 6.36 Å². The number of aromatic nitrogens is 1. The lowest BCUT2D eigenvalue weighted by molar-refractivity contribution is -0.275. The number of nitrogens with one attached hydrogen (secondary N) is 1. The largest absolute Gasteiger partial charge is 0.573 e. The zero-order valence-electron chi connectivity index (χ0n) is 13.2. The summed E-state index contributed by atoms with van der Waals surface area (Å²) in [5.41, 5.74) is 0.738. The van der Waals surface area contributed by atoms with E-state index in [2.05, 4.69) is 14.4 Å². The lowest BCUT2D eigenvalue weighted by Gasteiger charge is -2.15. The number of pyridine rings is 1. The Hall–Kier alpha value is -2.30. The summed E-state index contributed by atoms with van der Waals surface area (Å²) in [6.45, 7) is 0. The van der Waals surface area contributed by atoms with Gasteiger partial charge in [-0.1, -0.05) is 17.7 Å². The molecule has 0 spiro atoms. The zero-order valence-corrected chi connectivity index (χ0v) is 15.6. The third-order valence-corrected chi connectivity index (χ3v) is 5.77. The number of rotatable bonds is 5. The third-order valence-electron chi connectivity index (χ3n) is 3.22. The summed E-state index contributed by atoms with van der Waals surface area (Å²) < 4.78 is 68.9. The number of hydrogen-bond donors (Lipinski definition) is 1. The molecule has 27 heavy (non-hydrogen) atoms. The number of sulfonamides is 1. The van der Waals surface area contributed by atoms with E-state index in [0.29, 0.717) is 5.56 Å². The maximum atomic E-state index is 12.6. The lowest BCUT2D eigenvalue weighted by atomic mass is 10.2. The van der Waals surface area contributed by atoms with E-state index in [1.807, 2.05) is 17.5 Å². The van der Waals surface area contributed by atoms with Crippen molar-refractivity contribution in [2.45, 2.75) is 11.3 Å². The molecule has 0 aliphatic rings. The Morgan fingerprint density at radius 2 is 1.93 bits per heavy atom. The van der Waals surface area contributed by atoms with Gasteiger partial charge in [0.05, 0.1) is 11.9 Å². The fourth-order valence-electron chi connectivity index (χ4n) is 2.18. The molecular formula is C16H10ClF3N2O3S2. The first-order valence-corrected chi connectivity index (χ1v) is 9.95. The highest BCUT2D eigenvalue weighted by Gasteiger charge is 2.34. The second-order valence-electron chi connectivity index (χ2n) is 5.18. The molecule has 0 bridgehead atoms. The van der Waals surface area contributed by atoms with E-state index in [0.717, 1.165) is 23.1 Å². The summed E-state index contributed by atoms with van der Waals surface area (Å²) in [4.78, 5) is 4.07. The topological polar surface area (TPSA) is 68.3 Å². The quantitative estimate of drug-likeness (QED) is 0.602. The normalized spacial score (nSPS) is 12.0. The van der Waals surface area contributed by atoms with Crippen molar-refractivity contribution < 1.29 is 26.3 Å². The number of alkyl halides is 3. The minimum atomic E-state index is -5.06. The average molecular weight is 435 g/mol. The van der Waals surface area contributed by atoms with Gasteiger partial charge in [0.1, 0.15) is 10.6 Å². The smallest absolute Gasteiger partial charge is 0.404 e. The number of nitrogens with zero attached hydrogens (tertiary/aromatic N) is 1. The van der Waals surface area contributed by atoms with Gasteiger partial charge in [0.2, 0.25) is 0 Å². The Kier molecular flexibility index (Phi) is 5.31. The van der Waals surface area contributed by atoms with E-state index in [1.165, 1.54) is 23.6 Å². The number of benzene rings is 1. The van der Waals surface area contributed by atoms with Crippen molar-refractivity contribution in [3.63, 3.8) is 0 Å². The summed E-state index contributed by atoms with van der Waals surface area (Å²) in [6.07, 6.45) is -2.27. The SMILES string of the molecule is O=S(=O)(Nc1cncc(-c2cccs2)c1)c1cc(Cl)ccc1OC(F)(F)F. The van der Waals surface area contributed by atoms with Crippen LogP contribution in [0, 0.1) is 0 Å². The second-order valence-corrected chi connectivity index (χ2v) is 8.22. The molecule has 0 aliphatic heterocycles. The molecule has 0 saturated carbocycles. The highest BCUT2D eigenvalue weighted by molar-refractivity contribution is 7.92. The fraction of sp³-hybridized carbons (Fsp3) is 0.0625. The Morgan fingerprint density at radius 1 is 1.15 bits per heavy atom. The molecule has 142 valence electrons. The molecule has 3 aromatic rings. The maximum absolute atomic E-state index is 12.6. The van der Waals surface area contributed by atoms with Crippen LogP contribution in [0.1, 0.15) is 0 Å². The van der Waals surface area contributed by atoms with E-state index in [-0.39, 0.29) is 10.7 Å². The Labute approximate surface area is 161 Å². The highest BCUT2D eigenvalue weighted by atomic mass is 35.5. The maximum Gasteiger partial charge on any atom is 0.573 e. The van der Waals surface area contributed by atoms with Gasteiger partial charge in [0.25, 0.3) is 10.0 Å². The second kappa shape index (κ2) is 7.37. The molecule has 3 rings (SSSR count). The molecule has 11 heteroatoms. The van der Waals surface area contributed by atoms with Crippen LogP contribution in [0.5, 0.6) is 5.75 Å². The summed E-state index contributed by atoms with van der Waals surface area (Å²) in [5, 5.41) is 1.79. The molecule has 2 aromatic heterocycles. The molecule has 1 aromatic carbocycles. The minimum absolute atomic E-state index is 0.0599. The van der Waals surface area contributed by atoms with E-state index in [9.17, 15) is 21.6 Å². The summed E-state index contributed by atoms with van der Waals surface area (Å²) in [7, 11) is -4.42. The Morgan fingerprint density at radius 3 is 2.59 bits per heavy atom. The molecule has 0 aliphatic carbocycles.